The van der Waals surface area contributed by atoms with E-state index in [1.807, 2.05) is 0 Å². The van der Waals surface area contributed by atoms with Crippen LogP contribution in [-0.4, -0.2) is 19.5 Å². The van der Waals surface area contributed by atoms with Gasteiger partial charge < -0.3 is 24.3 Å². The molecule has 2 aliphatic rings. The molecule has 0 bridgehead atoms. The molecule has 0 spiro atoms. The van der Waals surface area contributed by atoms with Crippen LogP contribution < -0.4 is 19.5 Å². The van der Waals surface area contributed by atoms with E-state index in [2.05, 4.69) is 5.32 Å². The summed E-state index contributed by atoms with van der Waals surface area (Å²) in [7, 11) is 0. The second kappa shape index (κ2) is 6.01. The van der Waals surface area contributed by atoms with Crippen molar-refractivity contribution in [2.45, 2.75) is 13.2 Å². The lowest BCUT2D eigenvalue weighted by Crippen LogP contribution is -2.24. The lowest BCUT2D eigenvalue weighted by Gasteiger charge is -2.21. The van der Waals surface area contributed by atoms with E-state index in [1.165, 1.54) is 12.1 Å². The van der Waals surface area contributed by atoms with Gasteiger partial charge in [-0.15, -0.1) is 0 Å². The highest BCUT2D eigenvalue weighted by Gasteiger charge is 2.19. The summed E-state index contributed by atoms with van der Waals surface area (Å²) in [5, 5.41) is 2.76. The molecule has 0 saturated carbocycles. The van der Waals surface area contributed by atoms with Crippen LogP contribution in [0.3, 0.4) is 0 Å². The fourth-order valence-corrected chi connectivity index (χ4v) is 2.70. The largest absolute Gasteiger partial charge is 0.467 e. The monoisotopic (exact) mass is 331 g/mol. The molecule has 1 N–H and O–H groups in total. The van der Waals surface area contributed by atoms with Gasteiger partial charge >= 0.3 is 0 Å². The van der Waals surface area contributed by atoms with Crippen LogP contribution in [0, 0.1) is 5.82 Å². The Labute approximate surface area is 137 Å². The Bertz CT molecular complexity index is 808. The summed E-state index contributed by atoms with van der Waals surface area (Å²) >= 11 is 0. The van der Waals surface area contributed by atoms with Gasteiger partial charge in [-0.25, -0.2) is 4.39 Å². The number of rotatable bonds is 3. The molecule has 2 aliphatic heterocycles. The molecular weight excluding hydrogens is 317 g/mol. The number of carbonyl (C=O) groups excluding carboxylic acids is 1. The van der Waals surface area contributed by atoms with E-state index in [1.54, 1.807) is 18.2 Å². The van der Waals surface area contributed by atoms with Crippen LogP contribution >= 0.6 is 0 Å². The molecule has 0 atom stereocenters. The van der Waals surface area contributed by atoms with Crippen LogP contribution in [0.15, 0.2) is 30.3 Å². The SMILES string of the molecule is O=C(NCc1cc(F)cc2c1OCOC2)c1ccc2c(c1)OCO2. The van der Waals surface area contributed by atoms with E-state index in [9.17, 15) is 9.18 Å². The summed E-state index contributed by atoms with van der Waals surface area (Å²) in [6.45, 7) is 0.695. The minimum Gasteiger partial charge on any atom is -0.467 e. The van der Waals surface area contributed by atoms with Crippen LogP contribution in [0.5, 0.6) is 17.2 Å². The quantitative estimate of drug-likeness (QED) is 0.935. The van der Waals surface area contributed by atoms with Gasteiger partial charge in [0, 0.05) is 23.2 Å². The molecule has 6 nitrogen and oxygen atoms in total. The van der Waals surface area contributed by atoms with E-state index in [4.69, 9.17) is 18.9 Å². The third-order valence-electron chi connectivity index (χ3n) is 3.83. The van der Waals surface area contributed by atoms with Crippen LogP contribution in [0.2, 0.25) is 0 Å². The maximum absolute atomic E-state index is 13.7. The molecule has 2 aromatic rings. The van der Waals surface area contributed by atoms with Crippen molar-refractivity contribution in [3.05, 3.63) is 52.8 Å². The van der Waals surface area contributed by atoms with Gasteiger partial charge in [0.2, 0.25) is 6.79 Å². The van der Waals surface area contributed by atoms with Gasteiger partial charge in [-0.3, -0.25) is 4.79 Å². The fraction of sp³-hybridized carbons (Fsp3) is 0.235. The molecule has 2 aromatic carbocycles. The number of amides is 1. The molecule has 0 fully saturated rings. The minimum absolute atomic E-state index is 0.113. The maximum atomic E-state index is 13.7. The lowest BCUT2D eigenvalue weighted by molar-refractivity contribution is -0.0173. The molecule has 0 aliphatic carbocycles. The van der Waals surface area contributed by atoms with Gasteiger partial charge in [0.25, 0.3) is 5.91 Å². The first-order valence-corrected chi connectivity index (χ1v) is 7.40. The summed E-state index contributed by atoms with van der Waals surface area (Å²) in [6, 6.07) is 7.67. The van der Waals surface area contributed by atoms with E-state index in [0.29, 0.717) is 33.9 Å². The van der Waals surface area contributed by atoms with Gasteiger partial charge in [0.1, 0.15) is 11.6 Å². The number of halogens is 1. The Hall–Kier alpha value is -2.80. The zero-order chi connectivity index (χ0) is 16.5. The first-order chi connectivity index (χ1) is 11.7. The fourth-order valence-electron chi connectivity index (χ4n) is 2.70. The summed E-state index contributed by atoms with van der Waals surface area (Å²) in [6.07, 6.45) is 0. The molecular formula is C17H14FNO5. The number of ether oxygens (including phenoxy) is 4. The molecule has 24 heavy (non-hydrogen) atoms. The normalized spacial score (nSPS) is 14.7. The number of fused-ring (bicyclic) bond motifs is 2. The molecule has 124 valence electrons. The Balaban J connectivity index is 1.51. The van der Waals surface area contributed by atoms with Crippen molar-refractivity contribution in [1.82, 2.24) is 5.32 Å². The number of hydrogen-bond donors (Lipinski definition) is 1. The molecule has 4 rings (SSSR count). The molecule has 0 aromatic heterocycles. The summed E-state index contributed by atoms with van der Waals surface area (Å²) in [5.74, 6) is 1.02. The molecule has 0 radical (unpaired) electrons. The van der Waals surface area contributed by atoms with Crippen molar-refractivity contribution >= 4 is 5.91 Å². The van der Waals surface area contributed by atoms with Crippen molar-refractivity contribution in [2.75, 3.05) is 13.6 Å². The molecule has 1 amide bonds. The first-order valence-electron chi connectivity index (χ1n) is 7.40. The molecule has 0 unspecified atom stereocenters. The van der Waals surface area contributed by atoms with Gasteiger partial charge in [0.05, 0.1) is 6.61 Å². The van der Waals surface area contributed by atoms with E-state index in [-0.39, 0.29) is 32.6 Å². The van der Waals surface area contributed by atoms with Crippen molar-refractivity contribution in [2.24, 2.45) is 0 Å². The van der Waals surface area contributed by atoms with E-state index < -0.39 is 5.82 Å². The zero-order valence-electron chi connectivity index (χ0n) is 12.6. The average Bonchev–Trinajstić information content (AvgIpc) is 3.06. The zero-order valence-corrected chi connectivity index (χ0v) is 12.6. The average molecular weight is 331 g/mol. The van der Waals surface area contributed by atoms with Gasteiger partial charge in [-0.05, 0) is 30.3 Å². The Morgan fingerprint density at radius 3 is 2.88 bits per heavy atom. The van der Waals surface area contributed by atoms with Crippen LogP contribution in [0.25, 0.3) is 0 Å². The number of hydrogen-bond acceptors (Lipinski definition) is 5. The third kappa shape index (κ3) is 2.74. The maximum Gasteiger partial charge on any atom is 0.251 e. The Morgan fingerprint density at radius 2 is 1.96 bits per heavy atom. The lowest BCUT2D eigenvalue weighted by atomic mass is 10.1. The van der Waals surface area contributed by atoms with E-state index >= 15 is 0 Å². The highest BCUT2D eigenvalue weighted by molar-refractivity contribution is 5.94. The van der Waals surface area contributed by atoms with Crippen molar-refractivity contribution in [3.8, 4) is 17.2 Å². The van der Waals surface area contributed by atoms with Crippen molar-refractivity contribution < 1.29 is 28.1 Å². The minimum atomic E-state index is -0.393. The summed E-state index contributed by atoms with van der Waals surface area (Å²) in [4.78, 5) is 12.3. The number of nitrogens with one attached hydrogen (secondary N) is 1. The summed E-state index contributed by atoms with van der Waals surface area (Å²) in [5.41, 5.74) is 1.64. The first kappa shape index (κ1) is 14.8. The Morgan fingerprint density at radius 1 is 1.08 bits per heavy atom. The number of benzene rings is 2. The smallest absolute Gasteiger partial charge is 0.251 e. The van der Waals surface area contributed by atoms with Gasteiger partial charge in [-0.1, -0.05) is 0 Å². The van der Waals surface area contributed by atoms with Crippen LogP contribution in [0.4, 0.5) is 4.39 Å². The predicted molar refractivity (Wildman–Crippen MR) is 80.4 cm³/mol. The highest BCUT2D eigenvalue weighted by Crippen LogP contribution is 2.33. The standard InChI is InChI=1S/C17H14FNO5/c18-13-3-11(16-12(4-13)7-21-8-24-16)6-19-17(20)10-1-2-14-15(5-10)23-9-22-14/h1-5H,6-9H2,(H,19,20). The van der Waals surface area contributed by atoms with E-state index in [0.717, 1.165) is 0 Å². The van der Waals surface area contributed by atoms with Crippen LogP contribution in [0.1, 0.15) is 21.5 Å². The second-order valence-electron chi connectivity index (χ2n) is 5.41. The van der Waals surface area contributed by atoms with Crippen molar-refractivity contribution in [1.29, 1.82) is 0 Å². The molecule has 2 heterocycles. The van der Waals surface area contributed by atoms with Crippen molar-refractivity contribution in [3.63, 3.8) is 0 Å². The second-order valence-corrected chi connectivity index (χ2v) is 5.41. The Kier molecular flexibility index (Phi) is 3.70. The predicted octanol–water partition coefficient (Wildman–Crippen LogP) is 2.35. The third-order valence-corrected chi connectivity index (χ3v) is 3.83. The summed E-state index contributed by atoms with van der Waals surface area (Å²) < 4.78 is 34.7. The van der Waals surface area contributed by atoms with Crippen LogP contribution in [-0.2, 0) is 17.9 Å². The van der Waals surface area contributed by atoms with Gasteiger partial charge in [-0.2, -0.15) is 0 Å². The molecule has 0 saturated heterocycles. The topological polar surface area (TPSA) is 66.0 Å². The van der Waals surface area contributed by atoms with Gasteiger partial charge in [0.15, 0.2) is 18.3 Å². The number of carbonyl (C=O) groups is 1. The highest BCUT2D eigenvalue weighted by atomic mass is 19.1. The molecule has 7 heteroatoms.